The van der Waals surface area contributed by atoms with Gasteiger partial charge in [-0.05, 0) is 24.5 Å². The van der Waals surface area contributed by atoms with Gasteiger partial charge in [-0.1, -0.05) is 13.8 Å². The molecule has 1 rings (SSSR count). The lowest BCUT2D eigenvalue weighted by Gasteiger charge is -2.12. The quantitative estimate of drug-likeness (QED) is 0.286. The highest BCUT2D eigenvalue weighted by molar-refractivity contribution is 14.0. The van der Waals surface area contributed by atoms with Crippen molar-refractivity contribution < 1.29 is 4.74 Å². The van der Waals surface area contributed by atoms with Crippen molar-refractivity contribution in [1.29, 1.82) is 0 Å². The molecule has 1 aromatic rings. The molecule has 0 radical (unpaired) electrons. The normalized spacial score (nSPS) is 11.3. The van der Waals surface area contributed by atoms with Crippen molar-refractivity contribution >= 4 is 29.9 Å². The molecule has 0 aliphatic carbocycles. The molecule has 21 heavy (non-hydrogen) atoms. The van der Waals surface area contributed by atoms with Gasteiger partial charge in [0.1, 0.15) is 0 Å². The van der Waals surface area contributed by atoms with Gasteiger partial charge in [0, 0.05) is 45.7 Å². The van der Waals surface area contributed by atoms with Crippen LogP contribution in [0.25, 0.3) is 0 Å². The molecule has 0 atom stereocenters. The highest BCUT2D eigenvalue weighted by Crippen LogP contribution is 1.98. The fraction of sp³-hybridized carbons (Fsp3) is 0.667. The Kier molecular flexibility index (Phi) is 12.5. The molecule has 122 valence electrons. The number of hydrogen-bond acceptors (Lipinski definition) is 2. The van der Waals surface area contributed by atoms with Crippen LogP contribution in [0.1, 0.15) is 20.3 Å². The van der Waals surface area contributed by atoms with Crippen LogP contribution in [-0.4, -0.2) is 43.9 Å². The maximum absolute atomic E-state index is 5.55. The molecular formula is C15H29IN4O. The van der Waals surface area contributed by atoms with Crippen LogP contribution in [-0.2, 0) is 11.3 Å². The molecule has 2 N–H and O–H groups in total. The van der Waals surface area contributed by atoms with Crippen LogP contribution >= 0.6 is 24.0 Å². The van der Waals surface area contributed by atoms with Crippen LogP contribution in [0.2, 0.25) is 0 Å². The van der Waals surface area contributed by atoms with Crippen LogP contribution in [0.15, 0.2) is 29.5 Å². The average Bonchev–Trinajstić information content (AvgIpc) is 2.93. The molecule has 0 spiro atoms. The minimum atomic E-state index is 0. The summed E-state index contributed by atoms with van der Waals surface area (Å²) in [6.45, 7) is 8.52. The lowest BCUT2D eigenvalue weighted by atomic mass is 10.1. The first kappa shape index (κ1) is 20.2. The Morgan fingerprint density at radius 3 is 2.43 bits per heavy atom. The zero-order chi connectivity index (χ0) is 14.6. The summed E-state index contributed by atoms with van der Waals surface area (Å²) < 4.78 is 7.69. The summed E-state index contributed by atoms with van der Waals surface area (Å²) in [4.78, 5) is 4.18. The molecule has 0 bridgehead atoms. The number of nitrogens with zero attached hydrogens (tertiary/aromatic N) is 2. The second kappa shape index (κ2) is 12.9. The van der Waals surface area contributed by atoms with Gasteiger partial charge in [-0.2, -0.15) is 0 Å². The van der Waals surface area contributed by atoms with Crippen molar-refractivity contribution in [2.45, 2.75) is 26.8 Å². The summed E-state index contributed by atoms with van der Waals surface area (Å²) >= 11 is 0. The van der Waals surface area contributed by atoms with E-state index < -0.39 is 0 Å². The molecule has 0 saturated heterocycles. The molecule has 1 aromatic heterocycles. The van der Waals surface area contributed by atoms with Crippen molar-refractivity contribution in [1.82, 2.24) is 15.2 Å². The number of guanidine groups is 1. The number of aliphatic imine (C=N–C) groups is 1. The third-order valence-corrected chi connectivity index (χ3v) is 2.93. The van der Waals surface area contributed by atoms with E-state index in [1.54, 1.807) is 7.05 Å². The standard InChI is InChI=1S/C15H28N4O.HI/c1-14(2)6-12-20-13-8-18-15(16-3)17-7-11-19-9-4-5-10-19;/h4-5,9-10,14H,6-8,11-13H2,1-3H3,(H2,16,17,18);1H. The van der Waals surface area contributed by atoms with E-state index in [9.17, 15) is 0 Å². The number of nitrogens with one attached hydrogen (secondary N) is 2. The summed E-state index contributed by atoms with van der Waals surface area (Å²) in [5.41, 5.74) is 0. The van der Waals surface area contributed by atoms with Crippen molar-refractivity contribution in [3.8, 4) is 0 Å². The zero-order valence-electron chi connectivity index (χ0n) is 13.3. The van der Waals surface area contributed by atoms with E-state index in [1.165, 1.54) is 0 Å². The zero-order valence-corrected chi connectivity index (χ0v) is 15.7. The summed E-state index contributed by atoms with van der Waals surface area (Å²) in [5, 5.41) is 6.52. The molecule has 0 saturated carbocycles. The smallest absolute Gasteiger partial charge is 0.191 e. The van der Waals surface area contributed by atoms with Crippen molar-refractivity contribution in [2.75, 3.05) is 33.4 Å². The van der Waals surface area contributed by atoms with E-state index in [0.29, 0.717) is 12.5 Å². The minimum absolute atomic E-state index is 0. The number of ether oxygens (including phenoxy) is 1. The first-order chi connectivity index (χ1) is 9.72. The maximum Gasteiger partial charge on any atom is 0.191 e. The van der Waals surface area contributed by atoms with E-state index in [4.69, 9.17) is 4.74 Å². The van der Waals surface area contributed by atoms with Gasteiger partial charge in [0.05, 0.1) is 6.61 Å². The number of rotatable bonds is 9. The predicted molar refractivity (Wildman–Crippen MR) is 99.5 cm³/mol. The Morgan fingerprint density at radius 2 is 1.81 bits per heavy atom. The molecule has 0 fully saturated rings. The topological polar surface area (TPSA) is 50.6 Å². The highest BCUT2D eigenvalue weighted by Gasteiger charge is 1.97. The summed E-state index contributed by atoms with van der Waals surface area (Å²) in [6.07, 6.45) is 5.23. The Morgan fingerprint density at radius 1 is 1.14 bits per heavy atom. The van der Waals surface area contributed by atoms with Crippen LogP contribution in [0.4, 0.5) is 0 Å². The van der Waals surface area contributed by atoms with Gasteiger partial charge in [-0.25, -0.2) is 0 Å². The summed E-state index contributed by atoms with van der Waals surface area (Å²) in [6, 6.07) is 4.06. The molecular weight excluding hydrogens is 379 g/mol. The Hall–Kier alpha value is -0.760. The van der Waals surface area contributed by atoms with Crippen LogP contribution < -0.4 is 10.6 Å². The SMILES string of the molecule is CN=C(NCCOCCC(C)C)NCCn1cccc1.I. The van der Waals surface area contributed by atoms with E-state index in [2.05, 4.69) is 46.4 Å². The molecule has 0 aromatic carbocycles. The van der Waals surface area contributed by atoms with Gasteiger partial charge in [0.2, 0.25) is 0 Å². The highest BCUT2D eigenvalue weighted by atomic mass is 127. The minimum Gasteiger partial charge on any atom is -0.380 e. The predicted octanol–water partition coefficient (Wildman–Crippen LogP) is 2.33. The van der Waals surface area contributed by atoms with Crippen molar-refractivity contribution in [2.24, 2.45) is 10.9 Å². The lowest BCUT2D eigenvalue weighted by Crippen LogP contribution is -2.40. The summed E-state index contributed by atoms with van der Waals surface area (Å²) in [7, 11) is 1.78. The fourth-order valence-electron chi connectivity index (χ4n) is 1.71. The van der Waals surface area contributed by atoms with E-state index in [-0.39, 0.29) is 24.0 Å². The van der Waals surface area contributed by atoms with Gasteiger partial charge in [0.25, 0.3) is 0 Å². The number of aromatic nitrogens is 1. The monoisotopic (exact) mass is 408 g/mol. The lowest BCUT2D eigenvalue weighted by molar-refractivity contribution is 0.128. The average molecular weight is 408 g/mol. The van der Waals surface area contributed by atoms with E-state index >= 15 is 0 Å². The Bertz CT molecular complexity index is 366. The van der Waals surface area contributed by atoms with Gasteiger partial charge in [-0.15, -0.1) is 24.0 Å². The molecule has 6 heteroatoms. The first-order valence-electron chi connectivity index (χ1n) is 7.35. The second-order valence-corrected chi connectivity index (χ2v) is 5.14. The molecule has 0 aliphatic rings. The molecule has 5 nitrogen and oxygen atoms in total. The third kappa shape index (κ3) is 10.6. The Labute approximate surface area is 145 Å². The van der Waals surface area contributed by atoms with Crippen molar-refractivity contribution in [3.63, 3.8) is 0 Å². The molecule has 1 heterocycles. The molecule has 0 aliphatic heterocycles. The van der Waals surface area contributed by atoms with E-state index in [0.717, 1.165) is 38.6 Å². The summed E-state index contributed by atoms with van der Waals surface area (Å²) in [5.74, 6) is 1.52. The molecule has 0 unspecified atom stereocenters. The largest absolute Gasteiger partial charge is 0.380 e. The van der Waals surface area contributed by atoms with Crippen LogP contribution in [0, 0.1) is 5.92 Å². The van der Waals surface area contributed by atoms with Crippen molar-refractivity contribution in [3.05, 3.63) is 24.5 Å². The number of halogens is 1. The van der Waals surface area contributed by atoms with Crippen LogP contribution in [0.5, 0.6) is 0 Å². The Balaban J connectivity index is 0.00000400. The van der Waals surface area contributed by atoms with Gasteiger partial charge < -0.3 is 19.9 Å². The van der Waals surface area contributed by atoms with Gasteiger partial charge in [0.15, 0.2) is 5.96 Å². The van der Waals surface area contributed by atoms with Gasteiger partial charge >= 0.3 is 0 Å². The molecule has 0 amide bonds. The fourth-order valence-corrected chi connectivity index (χ4v) is 1.71. The first-order valence-corrected chi connectivity index (χ1v) is 7.35. The third-order valence-electron chi connectivity index (χ3n) is 2.93. The maximum atomic E-state index is 5.55. The van der Waals surface area contributed by atoms with Crippen LogP contribution in [0.3, 0.4) is 0 Å². The second-order valence-electron chi connectivity index (χ2n) is 5.14. The van der Waals surface area contributed by atoms with Gasteiger partial charge in [-0.3, -0.25) is 4.99 Å². The number of hydrogen-bond donors (Lipinski definition) is 2. The van der Waals surface area contributed by atoms with E-state index in [1.807, 2.05) is 12.1 Å².